The number of ether oxygens (including phenoxy) is 1. The number of nitrogens with zero attached hydrogens (tertiary/aromatic N) is 1. The van der Waals surface area contributed by atoms with Gasteiger partial charge in [0.25, 0.3) is 5.91 Å². The minimum absolute atomic E-state index is 0.0271. The summed E-state index contributed by atoms with van der Waals surface area (Å²) in [5.74, 6) is -0.706. The Kier molecular flexibility index (Phi) is 5.41. The molecule has 26 heavy (non-hydrogen) atoms. The molecule has 1 unspecified atom stereocenters. The molecular weight excluding hydrogens is 347 g/mol. The number of rotatable bonds is 5. The van der Waals surface area contributed by atoms with Gasteiger partial charge >= 0.3 is 6.18 Å². The minimum Gasteiger partial charge on any atom is -0.382 e. The first-order valence-corrected chi connectivity index (χ1v) is 8.22. The lowest BCUT2D eigenvalue weighted by Crippen LogP contribution is -2.20. The lowest BCUT2D eigenvalue weighted by Gasteiger charge is -2.14. The molecule has 1 amide bonds. The standard InChI is InChI=1S/C18H18F3N3O2/c19-18(20,21)14-5-1-2-6-15(14)24-17(25)16-10-12(7-8-22-16)23-11-13-4-3-9-26-13/h1-2,5-8,10,13H,3-4,9,11H2,(H,22,23)(H,24,25). The molecule has 2 N–H and O–H groups in total. The summed E-state index contributed by atoms with van der Waals surface area (Å²) in [5, 5.41) is 5.44. The third-order valence-electron chi connectivity index (χ3n) is 4.03. The highest BCUT2D eigenvalue weighted by atomic mass is 19.4. The van der Waals surface area contributed by atoms with Crippen molar-refractivity contribution in [3.05, 3.63) is 53.9 Å². The maximum Gasteiger partial charge on any atom is 0.418 e. The number of benzene rings is 1. The van der Waals surface area contributed by atoms with Gasteiger partial charge < -0.3 is 15.4 Å². The van der Waals surface area contributed by atoms with Crippen molar-refractivity contribution in [1.82, 2.24) is 4.98 Å². The van der Waals surface area contributed by atoms with E-state index in [9.17, 15) is 18.0 Å². The van der Waals surface area contributed by atoms with Crippen molar-refractivity contribution in [1.29, 1.82) is 0 Å². The monoisotopic (exact) mass is 365 g/mol. The van der Waals surface area contributed by atoms with E-state index in [4.69, 9.17) is 4.74 Å². The maximum atomic E-state index is 13.0. The summed E-state index contributed by atoms with van der Waals surface area (Å²) in [4.78, 5) is 16.3. The van der Waals surface area contributed by atoms with Gasteiger partial charge in [-0.15, -0.1) is 0 Å². The first-order chi connectivity index (χ1) is 12.4. The van der Waals surface area contributed by atoms with Gasteiger partial charge in [0.15, 0.2) is 0 Å². The number of pyridine rings is 1. The van der Waals surface area contributed by atoms with Gasteiger partial charge in [-0.2, -0.15) is 13.2 Å². The summed E-state index contributed by atoms with van der Waals surface area (Å²) in [5.41, 5.74) is -0.519. The molecular formula is C18H18F3N3O2. The molecule has 5 nitrogen and oxygen atoms in total. The third kappa shape index (κ3) is 4.51. The molecule has 0 radical (unpaired) electrons. The second-order valence-electron chi connectivity index (χ2n) is 5.94. The van der Waals surface area contributed by atoms with Crippen LogP contribution in [0, 0.1) is 0 Å². The van der Waals surface area contributed by atoms with Crippen molar-refractivity contribution in [2.45, 2.75) is 25.1 Å². The summed E-state index contributed by atoms with van der Waals surface area (Å²) in [6, 6.07) is 8.02. The van der Waals surface area contributed by atoms with Gasteiger partial charge in [0.05, 0.1) is 17.4 Å². The number of carbonyl (C=O) groups is 1. The van der Waals surface area contributed by atoms with E-state index >= 15 is 0 Å². The summed E-state index contributed by atoms with van der Waals surface area (Å²) in [6.45, 7) is 1.34. The average Bonchev–Trinajstić information content (AvgIpc) is 3.13. The van der Waals surface area contributed by atoms with Crippen LogP contribution in [0.15, 0.2) is 42.6 Å². The topological polar surface area (TPSA) is 63.2 Å². The number of halogens is 3. The lowest BCUT2D eigenvalue weighted by molar-refractivity contribution is -0.136. The molecule has 1 aromatic heterocycles. The number of aromatic nitrogens is 1. The zero-order valence-corrected chi connectivity index (χ0v) is 13.8. The van der Waals surface area contributed by atoms with Crippen molar-refractivity contribution in [3.63, 3.8) is 0 Å². The fourth-order valence-corrected chi connectivity index (χ4v) is 2.73. The number of nitrogens with one attached hydrogen (secondary N) is 2. The molecule has 1 aliphatic heterocycles. The summed E-state index contributed by atoms with van der Waals surface area (Å²) in [7, 11) is 0. The second-order valence-corrected chi connectivity index (χ2v) is 5.94. The Morgan fingerprint density at radius 3 is 2.81 bits per heavy atom. The molecule has 138 valence electrons. The summed E-state index contributed by atoms with van der Waals surface area (Å²) in [6.07, 6.45) is -1.00. The van der Waals surface area contributed by atoms with Crippen LogP contribution in [0.4, 0.5) is 24.5 Å². The molecule has 0 bridgehead atoms. The molecule has 0 saturated carbocycles. The summed E-state index contributed by atoms with van der Waals surface area (Å²) >= 11 is 0. The predicted molar refractivity (Wildman–Crippen MR) is 91.1 cm³/mol. The van der Waals surface area contributed by atoms with Gasteiger partial charge in [0.2, 0.25) is 0 Å². The van der Waals surface area contributed by atoms with Gasteiger partial charge in [-0.25, -0.2) is 0 Å². The normalized spacial score (nSPS) is 17.1. The number of alkyl halides is 3. The molecule has 1 aliphatic rings. The van der Waals surface area contributed by atoms with Crippen molar-refractivity contribution < 1.29 is 22.7 Å². The first kappa shape index (κ1) is 18.2. The molecule has 8 heteroatoms. The van der Waals surface area contributed by atoms with E-state index in [0.717, 1.165) is 25.5 Å². The molecule has 2 heterocycles. The lowest BCUT2D eigenvalue weighted by atomic mass is 10.1. The predicted octanol–water partition coefficient (Wildman–Crippen LogP) is 3.94. The van der Waals surface area contributed by atoms with E-state index in [1.54, 1.807) is 6.07 Å². The van der Waals surface area contributed by atoms with Crippen LogP contribution in [0.3, 0.4) is 0 Å². The Morgan fingerprint density at radius 2 is 2.08 bits per heavy atom. The molecule has 3 rings (SSSR count). The van der Waals surface area contributed by atoms with Gasteiger partial charge in [0, 0.05) is 25.0 Å². The average molecular weight is 365 g/mol. The highest BCUT2D eigenvalue weighted by molar-refractivity contribution is 6.03. The van der Waals surface area contributed by atoms with Crippen LogP contribution in [-0.2, 0) is 10.9 Å². The highest BCUT2D eigenvalue weighted by Gasteiger charge is 2.33. The van der Waals surface area contributed by atoms with Crippen LogP contribution >= 0.6 is 0 Å². The number of amides is 1. The SMILES string of the molecule is O=C(Nc1ccccc1C(F)(F)F)c1cc(NCC2CCCO2)ccn1. The quantitative estimate of drug-likeness (QED) is 0.842. The number of carbonyl (C=O) groups excluding carboxylic acids is 1. The molecule has 1 atom stereocenters. The Morgan fingerprint density at radius 1 is 1.27 bits per heavy atom. The molecule has 2 aromatic rings. The molecule has 1 saturated heterocycles. The van der Waals surface area contributed by atoms with E-state index < -0.39 is 17.6 Å². The smallest absolute Gasteiger partial charge is 0.382 e. The highest BCUT2D eigenvalue weighted by Crippen LogP contribution is 2.34. The number of hydrogen-bond donors (Lipinski definition) is 2. The van der Waals surface area contributed by atoms with Crippen LogP contribution in [-0.4, -0.2) is 30.1 Å². The van der Waals surface area contributed by atoms with E-state index in [2.05, 4.69) is 15.6 Å². The molecule has 1 aromatic carbocycles. The van der Waals surface area contributed by atoms with Crippen LogP contribution in [0.25, 0.3) is 0 Å². The third-order valence-corrected chi connectivity index (χ3v) is 4.03. The first-order valence-electron chi connectivity index (χ1n) is 8.22. The van der Waals surface area contributed by atoms with Gasteiger partial charge in [0.1, 0.15) is 5.69 Å². The zero-order chi connectivity index (χ0) is 18.6. The molecule has 0 spiro atoms. The number of anilines is 2. The van der Waals surface area contributed by atoms with E-state index in [0.29, 0.717) is 12.2 Å². The van der Waals surface area contributed by atoms with Crippen molar-refractivity contribution in [3.8, 4) is 0 Å². The van der Waals surface area contributed by atoms with E-state index in [-0.39, 0.29) is 17.5 Å². The minimum atomic E-state index is -4.55. The molecule has 0 aliphatic carbocycles. The van der Waals surface area contributed by atoms with Gasteiger partial charge in [-0.05, 0) is 37.1 Å². The van der Waals surface area contributed by atoms with Crippen LogP contribution in [0.5, 0.6) is 0 Å². The van der Waals surface area contributed by atoms with Crippen LogP contribution in [0.1, 0.15) is 28.9 Å². The fraction of sp³-hybridized carbons (Fsp3) is 0.333. The van der Waals surface area contributed by atoms with Gasteiger partial charge in [-0.1, -0.05) is 12.1 Å². The molecule has 1 fully saturated rings. The Balaban J connectivity index is 1.69. The van der Waals surface area contributed by atoms with E-state index in [1.165, 1.54) is 30.5 Å². The number of hydrogen-bond acceptors (Lipinski definition) is 4. The number of para-hydroxylation sites is 1. The van der Waals surface area contributed by atoms with Crippen LogP contribution < -0.4 is 10.6 Å². The van der Waals surface area contributed by atoms with Crippen molar-refractivity contribution in [2.24, 2.45) is 0 Å². The largest absolute Gasteiger partial charge is 0.418 e. The Labute approximate surface area is 148 Å². The maximum absolute atomic E-state index is 13.0. The summed E-state index contributed by atoms with van der Waals surface area (Å²) < 4.78 is 44.6. The van der Waals surface area contributed by atoms with Crippen molar-refractivity contribution >= 4 is 17.3 Å². The van der Waals surface area contributed by atoms with E-state index in [1.807, 2.05) is 0 Å². The Bertz CT molecular complexity index is 774. The van der Waals surface area contributed by atoms with Crippen LogP contribution in [0.2, 0.25) is 0 Å². The zero-order valence-electron chi connectivity index (χ0n) is 13.8. The van der Waals surface area contributed by atoms with Gasteiger partial charge in [-0.3, -0.25) is 9.78 Å². The van der Waals surface area contributed by atoms with Crippen molar-refractivity contribution in [2.75, 3.05) is 23.8 Å². The second kappa shape index (κ2) is 7.74. The Hall–Kier alpha value is -2.61. The fourth-order valence-electron chi connectivity index (χ4n) is 2.73.